The number of fused-ring (bicyclic) bond motifs is 5. The summed E-state index contributed by atoms with van der Waals surface area (Å²) < 4.78 is 16.4. The molecule has 190 valence electrons. The molecule has 0 spiro atoms. The van der Waals surface area contributed by atoms with Crippen LogP contribution in [0.1, 0.15) is 73.6 Å². The van der Waals surface area contributed by atoms with Crippen molar-refractivity contribution < 1.29 is 33.4 Å². The van der Waals surface area contributed by atoms with Crippen LogP contribution < -0.4 is 0 Å². The minimum absolute atomic E-state index is 0.131. The summed E-state index contributed by atoms with van der Waals surface area (Å²) in [7, 11) is 0. The van der Waals surface area contributed by atoms with Crippen LogP contribution in [0.15, 0.2) is 35.1 Å². The van der Waals surface area contributed by atoms with Crippen molar-refractivity contribution in [1.82, 2.24) is 0 Å². The predicted molar refractivity (Wildman–Crippen MR) is 128 cm³/mol. The van der Waals surface area contributed by atoms with Crippen molar-refractivity contribution in [3.63, 3.8) is 0 Å². The van der Waals surface area contributed by atoms with E-state index < -0.39 is 29.6 Å². The van der Waals surface area contributed by atoms with Gasteiger partial charge in [0.1, 0.15) is 5.76 Å². The summed E-state index contributed by atoms with van der Waals surface area (Å²) in [5.74, 6) is -0.843. The molecule has 4 rings (SSSR count). The summed E-state index contributed by atoms with van der Waals surface area (Å²) in [4.78, 5) is 48.8. The van der Waals surface area contributed by atoms with E-state index in [1.807, 2.05) is 13.0 Å². The zero-order valence-electron chi connectivity index (χ0n) is 21.6. The summed E-state index contributed by atoms with van der Waals surface area (Å²) in [5, 5.41) is 0. The lowest BCUT2D eigenvalue weighted by molar-refractivity contribution is -0.190. The van der Waals surface area contributed by atoms with Crippen LogP contribution in [0.2, 0.25) is 0 Å². The second kappa shape index (κ2) is 8.75. The molecule has 4 aliphatic carbocycles. The number of carbonyl (C=O) groups excluding carboxylic acids is 4. The molecule has 0 heterocycles. The van der Waals surface area contributed by atoms with Gasteiger partial charge in [-0.05, 0) is 49.2 Å². The van der Waals surface area contributed by atoms with Crippen LogP contribution in [0.3, 0.4) is 0 Å². The Labute approximate surface area is 206 Å². The maximum atomic E-state index is 13.6. The van der Waals surface area contributed by atoms with Crippen molar-refractivity contribution in [2.75, 3.05) is 6.61 Å². The van der Waals surface area contributed by atoms with Gasteiger partial charge in [-0.15, -0.1) is 0 Å². The molecule has 0 radical (unpaired) electrons. The van der Waals surface area contributed by atoms with Crippen LogP contribution in [0.4, 0.5) is 0 Å². The van der Waals surface area contributed by atoms with Gasteiger partial charge < -0.3 is 14.2 Å². The first-order valence-corrected chi connectivity index (χ1v) is 12.5. The summed E-state index contributed by atoms with van der Waals surface area (Å²) in [6, 6.07) is 0. The molecule has 7 nitrogen and oxygen atoms in total. The smallest absolute Gasteiger partial charge is 0.307 e. The number of hydrogen-bond acceptors (Lipinski definition) is 7. The van der Waals surface area contributed by atoms with Gasteiger partial charge in [-0.25, -0.2) is 0 Å². The third-order valence-corrected chi connectivity index (χ3v) is 9.05. The lowest BCUT2D eigenvalue weighted by Gasteiger charge is -2.54. The molecule has 6 atom stereocenters. The molecule has 4 aliphatic rings. The Bertz CT molecular complexity index is 1070. The molecule has 0 N–H and O–H groups in total. The second-order valence-corrected chi connectivity index (χ2v) is 11.1. The zero-order chi connectivity index (χ0) is 25.8. The Morgan fingerprint density at radius 2 is 1.74 bits per heavy atom. The Morgan fingerprint density at radius 3 is 2.37 bits per heavy atom. The van der Waals surface area contributed by atoms with Gasteiger partial charge in [-0.2, -0.15) is 0 Å². The summed E-state index contributed by atoms with van der Waals surface area (Å²) in [5.41, 5.74) is 0.425. The SMILES string of the molecule is CC(=O)OCC(=O)[C@]1(OC(C)=O)[C@@H](C)C[C@H]2[C@@H]3CC=C4C=C(OC(C)=O)CC[C@]4(C)C3=CC[C@@]21C. The molecule has 0 bridgehead atoms. The highest BCUT2D eigenvalue weighted by Gasteiger charge is 2.70. The number of hydrogen-bond donors (Lipinski definition) is 0. The topological polar surface area (TPSA) is 96.0 Å². The number of rotatable bonds is 5. The van der Waals surface area contributed by atoms with Gasteiger partial charge in [-0.3, -0.25) is 19.2 Å². The first kappa shape index (κ1) is 25.4. The maximum absolute atomic E-state index is 13.6. The Morgan fingerprint density at radius 1 is 1.03 bits per heavy atom. The molecule has 1 fully saturated rings. The number of ether oxygens (including phenoxy) is 3. The monoisotopic (exact) mass is 484 g/mol. The highest BCUT2D eigenvalue weighted by molar-refractivity contribution is 5.93. The lowest BCUT2D eigenvalue weighted by Crippen LogP contribution is -2.60. The third kappa shape index (κ3) is 3.87. The Hall–Kier alpha value is -2.70. The van der Waals surface area contributed by atoms with Gasteiger partial charge >= 0.3 is 17.9 Å². The Kier molecular flexibility index (Phi) is 6.35. The predicted octanol–water partition coefficient (Wildman–Crippen LogP) is 4.61. The molecule has 0 saturated heterocycles. The second-order valence-electron chi connectivity index (χ2n) is 11.1. The lowest BCUT2D eigenvalue weighted by atomic mass is 9.51. The van der Waals surface area contributed by atoms with Crippen LogP contribution in [0, 0.1) is 28.6 Å². The molecule has 0 amide bonds. The van der Waals surface area contributed by atoms with E-state index in [0.29, 0.717) is 18.6 Å². The van der Waals surface area contributed by atoms with Crippen LogP contribution >= 0.6 is 0 Å². The van der Waals surface area contributed by atoms with E-state index in [-0.39, 0.29) is 34.9 Å². The van der Waals surface area contributed by atoms with Crippen molar-refractivity contribution in [3.8, 4) is 0 Å². The molecular weight excluding hydrogens is 448 g/mol. The normalized spacial score (nSPS) is 37.4. The Balaban J connectivity index is 1.73. The van der Waals surface area contributed by atoms with Crippen molar-refractivity contribution in [3.05, 3.63) is 35.1 Å². The molecule has 0 aromatic heterocycles. The van der Waals surface area contributed by atoms with Crippen molar-refractivity contribution in [1.29, 1.82) is 0 Å². The van der Waals surface area contributed by atoms with Gasteiger partial charge in [0.25, 0.3) is 0 Å². The van der Waals surface area contributed by atoms with E-state index in [0.717, 1.165) is 19.3 Å². The maximum Gasteiger partial charge on any atom is 0.307 e. The van der Waals surface area contributed by atoms with Crippen molar-refractivity contribution in [2.45, 2.75) is 79.2 Å². The molecular formula is C28H36O7. The minimum atomic E-state index is -1.35. The number of Topliss-reactive ketones (excluding diaryl/α,β-unsaturated/α-hetero) is 1. The molecule has 0 aromatic carbocycles. The molecule has 0 unspecified atom stereocenters. The first-order valence-electron chi connectivity index (χ1n) is 12.5. The fourth-order valence-corrected chi connectivity index (χ4v) is 7.58. The third-order valence-electron chi connectivity index (χ3n) is 9.05. The average molecular weight is 485 g/mol. The average Bonchev–Trinajstić information content (AvgIpc) is 2.99. The molecule has 0 aliphatic heterocycles. The number of esters is 3. The highest BCUT2D eigenvalue weighted by atomic mass is 16.6. The molecule has 1 saturated carbocycles. The molecule has 0 aromatic rings. The van der Waals surface area contributed by atoms with Crippen LogP contribution in [-0.2, 0) is 33.4 Å². The van der Waals surface area contributed by atoms with E-state index >= 15 is 0 Å². The van der Waals surface area contributed by atoms with Crippen molar-refractivity contribution >= 4 is 23.7 Å². The van der Waals surface area contributed by atoms with E-state index in [1.54, 1.807) is 0 Å². The fourth-order valence-electron chi connectivity index (χ4n) is 7.58. The van der Waals surface area contributed by atoms with Gasteiger partial charge in [0.2, 0.25) is 5.78 Å². The number of allylic oxidation sites excluding steroid dienone is 6. The van der Waals surface area contributed by atoms with E-state index in [1.165, 1.54) is 31.9 Å². The van der Waals surface area contributed by atoms with Gasteiger partial charge in [0.15, 0.2) is 12.2 Å². The highest BCUT2D eigenvalue weighted by Crippen LogP contribution is 2.67. The van der Waals surface area contributed by atoms with Crippen LogP contribution in [0.5, 0.6) is 0 Å². The van der Waals surface area contributed by atoms with Crippen LogP contribution in [0.25, 0.3) is 0 Å². The molecule has 7 heteroatoms. The quantitative estimate of drug-likeness (QED) is 0.319. The van der Waals surface area contributed by atoms with Gasteiger partial charge in [-0.1, -0.05) is 38.5 Å². The fraction of sp³-hybridized carbons (Fsp3) is 0.643. The van der Waals surface area contributed by atoms with E-state index in [2.05, 4.69) is 26.0 Å². The molecule has 35 heavy (non-hydrogen) atoms. The van der Waals surface area contributed by atoms with E-state index in [4.69, 9.17) is 14.2 Å². The van der Waals surface area contributed by atoms with Crippen LogP contribution in [-0.4, -0.2) is 35.9 Å². The van der Waals surface area contributed by atoms with Crippen molar-refractivity contribution in [2.24, 2.45) is 28.6 Å². The minimum Gasteiger partial charge on any atom is -0.458 e. The van der Waals surface area contributed by atoms with Gasteiger partial charge in [0, 0.05) is 43.9 Å². The summed E-state index contributed by atoms with van der Waals surface area (Å²) in [6.07, 6.45) is 10.2. The first-order chi connectivity index (χ1) is 16.3. The van der Waals surface area contributed by atoms with Gasteiger partial charge in [0.05, 0.1) is 0 Å². The zero-order valence-corrected chi connectivity index (χ0v) is 21.6. The largest absolute Gasteiger partial charge is 0.458 e. The number of ketones is 1. The summed E-state index contributed by atoms with van der Waals surface area (Å²) in [6.45, 7) is 9.90. The standard InChI is InChI=1S/C28H36O7/c1-16-13-24-22-8-7-20-14-21(34-18(3)30)9-11-26(20,5)23(22)10-12-27(24,6)28(16,35-19(4)31)25(32)15-33-17(2)29/h7,10,14,16,22,24H,8-9,11-13,15H2,1-6H3/t16-,22+,24-,26-,27-,28+/m0/s1. The summed E-state index contributed by atoms with van der Waals surface area (Å²) >= 11 is 0. The van der Waals surface area contributed by atoms with E-state index in [9.17, 15) is 19.2 Å². The number of carbonyl (C=O) groups is 4.